The predicted molar refractivity (Wildman–Crippen MR) is 103 cm³/mol. The highest BCUT2D eigenvalue weighted by Crippen LogP contribution is 2.38. The Hall–Kier alpha value is -1.86. The van der Waals surface area contributed by atoms with E-state index in [1.807, 2.05) is 18.7 Å². The van der Waals surface area contributed by atoms with Crippen molar-refractivity contribution in [2.75, 3.05) is 18.0 Å². The molecule has 2 aliphatic heterocycles. The second-order valence-electron chi connectivity index (χ2n) is 7.45. The molecule has 0 aliphatic carbocycles. The highest BCUT2D eigenvalue weighted by Gasteiger charge is 2.32. The minimum absolute atomic E-state index is 0. The Balaban J connectivity index is 0.00000196. The molecule has 1 fully saturated rings. The van der Waals surface area contributed by atoms with Crippen LogP contribution in [0.5, 0.6) is 0 Å². The van der Waals surface area contributed by atoms with Crippen LogP contribution in [0.1, 0.15) is 38.3 Å². The minimum atomic E-state index is -0.521. The summed E-state index contributed by atoms with van der Waals surface area (Å²) in [7, 11) is 0. The molecule has 8 heteroatoms. The molecule has 1 aromatic carbocycles. The zero-order valence-corrected chi connectivity index (χ0v) is 15.7. The van der Waals surface area contributed by atoms with Crippen LogP contribution in [0.4, 0.5) is 10.1 Å². The first-order valence-electron chi connectivity index (χ1n) is 8.89. The molecule has 2 aromatic rings. The lowest BCUT2D eigenvalue weighted by atomic mass is 9.95. The average molecular weight is 383 g/mol. The number of nitrogens with one attached hydrogen (secondary N) is 1. The largest absolute Gasteiger partial charge is 0.369 e. The van der Waals surface area contributed by atoms with Crippen LogP contribution < -0.4 is 21.9 Å². The molecule has 0 spiro atoms. The van der Waals surface area contributed by atoms with Crippen molar-refractivity contribution in [2.24, 2.45) is 11.7 Å². The molecule has 2 aliphatic rings. The van der Waals surface area contributed by atoms with Gasteiger partial charge in [-0.3, -0.25) is 14.3 Å². The fraction of sp³-hybridized carbons (Fsp3) is 0.556. The lowest BCUT2D eigenvalue weighted by molar-refractivity contribution is 0.476. The van der Waals surface area contributed by atoms with E-state index in [0.717, 1.165) is 24.9 Å². The molecular weight excluding hydrogens is 359 g/mol. The third-order valence-corrected chi connectivity index (χ3v) is 5.79. The predicted octanol–water partition coefficient (Wildman–Crippen LogP) is 1.93. The van der Waals surface area contributed by atoms with E-state index >= 15 is 0 Å². The molecule has 26 heavy (non-hydrogen) atoms. The quantitative estimate of drug-likeness (QED) is 0.831. The van der Waals surface area contributed by atoms with Gasteiger partial charge in [-0.15, -0.1) is 12.4 Å². The molecule has 3 atom stereocenters. The molecule has 6 nitrogen and oxygen atoms in total. The zero-order chi connectivity index (χ0) is 17.9. The van der Waals surface area contributed by atoms with Gasteiger partial charge in [0.25, 0.3) is 5.56 Å². The fourth-order valence-corrected chi connectivity index (χ4v) is 4.36. The van der Waals surface area contributed by atoms with E-state index < -0.39 is 17.1 Å². The van der Waals surface area contributed by atoms with Gasteiger partial charge < -0.3 is 10.6 Å². The molecule has 3 N–H and O–H groups in total. The van der Waals surface area contributed by atoms with E-state index in [1.165, 1.54) is 6.07 Å². The number of hydrogen-bond acceptors (Lipinski definition) is 4. The first kappa shape index (κ1) is 18.9. The second kappa shape index (κ2) is 6.70. The second-order valence-corrected chi connectivity index (χ2v) is 7.45. The molecule has 4 rings (SSSR count). The van der Waals surface area contributed by atoms with Gasteiger partial charge in [0.05, 0.1) is 16.6 Å². The smallest absolute Gasteiger partial charge is 0.329 e. The van der Waals surface area contributed by atoms with Gasteiger partial charge in [0.1, 0.15) is 5.82 Å². The number of hydrogen-bond donors (Lipinski definition) is 2. The number of benzene rings is 1. The maximum atomic E-state index is 15.0. The molecule has 0 saturated carbocycles. The number of rotatable bonds is 2. The summed E-state index contributed by atoms with van der Waals surface area (Å²) < 4.78 is 16.6. The van der Waals surface area contributed by atoms with Crippen molar-refractivity contribution in [3.05, 3.63) is 38.3 Å². The third kappa shape index (κ3) is 2.74. The number of anilines is 1. The molecule has 0 amide bonds. The van der Waals surface area contributed by atoms with Crippen molar-refractivity contribution in [2.45, 2.75) is 45.2 Å². The van der Waals surface area contributed by atoms with E-state index in [4.69, 9.17) is 5.73 Å². The Bertz CT molecular complexity index is 968. The highest BCUT2D eigenvalue weighted by atomic mass is 35.5. The summed E-state index contributed by atoms with van der Waals surface area (Å²) in [6, 6.07) is 1.32. The first-order chi connectivity index (χ1) is 11.9. The minimum Gasteiger partial charge on any atom is -0.369 e. The first-order valence-corrected chi connectivity index (χ1v) is 8.89. The van der Waals surface area contributed by atoms with Crippen molar-refractivity contribution in [1.82, 2.24) is 9.55 Å². The van der Waals surface area contributed by atoms with Gasteiger partial charge in [-0.05, 0) is 45.1 Å². The van der Waals surface area contributed by atoms with E-state index in [9.17, 15) is 14.0 Å². The number of aromatic nitrogens is 2. The van der Waals surface area contributed by atoms with Crippen LogP contribution in [0.3, 0.4) is 0 Å². The Labute approximate surface area is 156 Å². The number of nitrogens with two attached hydrogens (primary N) is 1. The normalized spacial score (nSPS) is 23.2. The van der Waals surface area contributed by atoms with Crippen molar-refractivity contribution in [3.63, 3.8) is 0 Å². The molecular formula is C18H24ClFN4O2. The van der Waals surface area contributed by atoms with Crippen LogP contribution in [-0.4, -0.2) is 28.7 Å². The summed E-state index contributed by atoms with van der Waals surface area (Å²) in [6.07, 6.45) is 2.33. The van der Waals surface area contributed by atoms with E-state index in [-0.39, 0.29) is 29.9 Å². The number of aromatic amines is 1. The Morgan fingerprint density at radius 1 is 1.35 bits per heavy atom. The van der Waals surface area contributed by atoms with Crippen LogP contribution in [0.25, 0.3) is 10.9 Å². The van der Waals surface area contributed by atoms with Crippen LogP contribution in [0, 0.1) is 11.7 Å². The molecule has 1 saturated heterocycles. The number of halogens is 2. The summed E-state index contributed by atoms with van der Waals surface area (Å²) in [5.74, 6) is -0.0655. The van der Waals surface area contributed by atoms with Gasteiger partial charge in [-0.25, -0.2) is 9.18 Å². The van der Waals surface area contributed by atoms with Crippen LogP contribution in [0.2, 0.25) is 0 Å². The Kier molecular flexibility index (Phi) is 4.88. The summed E-state index contributed by atoms with van der Waals surface area (Å²) in [5, 5.41) is 0.255. The van der Waals surface area contributed by atoms with Crippen LogP contribution in [0.15, 0.2) is 15.7 Å². The molecule has 3 heterocycles. The SMILES string of the molecule is CC1CCc2c(N3CC[C@@H]([C@H](C)N)C3)c(F)cc3c(=O)[nH]c(=O)n1c23.Cl. The fourth-order valence-electron chi connectivity index (χ4n) is 4.36. The number of H-pyrrole nitrogens is 1. The molecule has 0 radical (unpaired) electrons. The number of aryl methyl sites for hydroxylation is 1. The standard InChI is InChI=1S/C18H23FN4O2.ClH/c1-9-3-4-12-15-13(17(24)21-18(25)23(9)15)7-14(19)16(12)22-6-5-11(8-22)10(2)20;/h7,9-11H,3-6,8,20H2,1-2H3,(H,21,24,25);1H/t9?,10-,11+;/m0./s1. The molecule has 1 unspecified atom stereocenters. The summed E-state index contributed by atoms with van der Waals surface area (Å²) in [4.78, 5) is 28.9. The van der Waals surface area contributed by atoms with Gasteiger partial charge in [0, 0.05) is 30.7 Å². The monoisotopic (exact) mass is 382 g/mol. The number of nitrogens with zero attached hydrogens (tertiary/aromatic N) is 2. The van der Waals surface area contributed by atoms with Crippen LogP contribution >= 0.6 is 12.4 Å². The van der Waals surface area contributed by atoms with Gasteiger partial charge >= 0.3 is 5.69 Å². The van der Waals surface area contributed by atoms with Gasteiger partial charge in [0.15, 0.2) is 0 Å². The van der Waals surface area contributed by atoms with E-state index in [2.05, 4.69) is 4.98 Å². The van der Waals surface area contributed by atoms with Crippen molar-refractivity contribution in [3.8, 4) is 0 Å². The maximum Gasteiger partial charge on any atom is 0.329 e. The topological polar surface area (TPSA) is 84.1 Å². The molecule has 1 aromatic heterocycles. The van der Waals surface area contributed by atoms with Gasteiger partial charge in [-0.2, -0.15) is 0 Å². The maximum absolute atomic E-state index is 15.0. The molecule has 142 valence electrons. The van der Waals surface area contributed by atoms with Crippen molar-refractivity contribution < 1.29 is 4.39 Å². The lowest BCUT2D eigenvalue weighted by Crippen LogP contribution is -2.36. The highest BCUT2D eigenvalue weighted by molar-refractivity contribution is 5.88. The average Bonchev–Trinajstić information content (AvgIpc) is 3.02. The lowest BCUT2D eigenvalue weighted by Gasteiger charge is -2.30. The van der Waals surface area contributed by atoms with Crippen molar-refractivity contribution >= 4 is 29.0 Å². The van der Waals surface area contributed by atoms with Crippen molar-refractivity contribution in [1.29, 1.82) is 0 Å². The summed E-state index contributed by atoms with van der Waals surface area (Å²) in [6.45, 7) is 5.38. The summed E-state index contributed by atoms with van der Waals surface area (Å²) >= 11 is 0. The Morgan fingerprint density at radius 3 is 2.73 bits per heavy atom. The van der Waals surface area contributed by atoms with Gasteiger partial charge in [0.2, 0.25) is 0 Å². The summed E-state index contributed by atoms with van der Waals surface area (Å²) in [5.41, 5.74) is 6.99. The van der Waals surface area contributed by atoms with Crippen LogP contribution in [-0.2, 0) is 6.42 Å². The van der Waals surface area contributed by atoms with E-state index in [1.54, 1.807) is 4.57 Å². The van der Waals surface area contributed by atoms with E-state index in [0.29, 0.717) is 30.1 Å². The van der Waals surface area contributed by atoms with Gasteiger partial charge in [-0.1, -0.05) is 0 Å². The zero-order valence-electron chi connectivity index (χ0n) is 14.9. The molecule has 0 bridgehead atoms. The Morgan fingerprint density at radius 2 is 2.08 bits per heavy atom. The third-order valence-electron chi connectivity index (χ3n) is 5.79.